The van der Waals surface area contributed by atoms with E-state index in [1.807, 2.05) is 39.8 Å². The van der Waals surface area contributed by atoms with E-state index in [9.17, 15) is 9.90 Å². The molecule has 3 rings (SSSR count). The predicted octanol–water partition coefficient (Wildman–Crippen LogP) is 4.26. The zero-order valence-electron chi connectivity index (χ0n) is 19.2. The quantitative estimate of drug-likeness (QED) is 0.619. The molecule has 1 saturated heterocycles. The molecule has 7 nitrogen and oxygen atoms in total. The van der Waals surface area contributed by atoms with Crippen LogP contribution in [0.2, 0.25) is 0 Å². The second-order valence-electron chi connectivity index (χ2n) is 9.35. The summed E-state index contributed by atoms with van der Waals surface area (Å²) < 4.78 is 16.7. The van der Waals surface area contributed by atoms with Crippen LogP contribution in [0.1, 0.15) is 58.9 Å². The van der Waals surface area contributed by atoms with E-state index < -0.39 is 11.9 Å². The Morgan fingerprint density at radius 3 is 2.61 bits per heavy atom. The Morgan fingerprint density at radius 1 is 1.29 bits per heavy atom. The minimum Gasteiger partial charge on any atom is -0.477 e. The first-order valence-corrected chi connectivity index (χ1v) is 11.3. The van der Waals surface area contributed by atoms with E-state index in [1.54, 1.807) is 17.2 Å². The Kier molecular flexibility index (Phi) is 7.94. The highest BCUT2D eigenvalue weighted by Crippen LogP contribution is 2.42. The van der Waals surface area contributed by atoms with Crippen LogP contribution in [0.25, 0.3) is 5.57 Å². The second kappa shape index (κ2) is 10.5. The lowest BCUT2D eigenvalue weighted by atomic mass is 9.98. The van der Waals surface area contributed by atoms with Gasteiger partial charge >= 0.3 is 6.09 Å². The van der Waals surface area contributed by atoms with Crippen molar-refractivity contribution in [2.45, 2.75) is 65.3 Å². The van der Waals surface area contributed by atoms with Gasteiger partial charge in [0.1, 0.15) is 5.60 Å². The smallest absolute Gasteiger partial charge is 0.410 e. The third kappa shape index (κ3) is 7.51. The molecule has 1 aliphatic carbocycles. The molecule has 1 aromatic heterocycles. The van der Waals surface area contributed by atoms with Crippen LogP contribution in [0.3, 0.4) is 0 Å². The molecule has 2 heterocycles. The highest BCUT2D eigenvalue weighted by molar-refractivity contribution is 5.70. The van der Waals surface area contributed by atoms with Gasteiger partial charge in [-0.3, -0.25) is 0 Å². The second-order valence-corrected chi connectivity index (χ2v) is 9.35. The zero-order valence-corrected chi connectivity index (χ0v) is 19.2. The van der Waals surface area contributed by atoms with Crippen LogP contribution >= 0.6 is 0 Å². The molecule has 172 valence electrons. The molecule has 0 aromatic carbocycles. The minimum absolute atomic E-state index is 0.241. The third-order valence-corrected chi connectivity index (χ3v) is 5.48. The maximum Gasteiger partial charge on any atom is 0.410 e. The average molecular weight is 433 g/mol. The maximum absolute atomic E-state index is 12.2. The van der Waals surface area contributed by atoms with Crippen LogP contribution in [0.15, 0.2) is 24.4 Å². The minimum atomic E-state index is -0.895. The largest absolute Gasteiger partial charge is 0.477 e. The summed E-state index contributed by atoms with van der Waals surface area (Å²) >= 11 is 0. The van der Waals surface area contributed by atoms with E-state index in [0.29, 0.717) is 44.0 Å². The van der Waals surface area contributed by atoms with E-state index in [4.69, 9.17) is 14.2 Å². The highest BCUT2D eigenvalue weighted by atomic mass is 16.6. The summed E-state index contributed by atoms with van der Waals surface area (Å²) in [5.41, 5.74) is 1.64. The number of amides is 1. The van der Waals surface area contributed by atoms with Crippen molar-refractivity contribution >= 4 is 11.7 Å². The van der Waals surface area contributed by atoms with Gasteiger partial charge in [0.2, 0.25) is 5.88 Å². The number of ether oxygens (including phenoxy) is 3. The molecule has 2 aliphatic rings. The van der Waals surface area contributed by atoms with E-state index in [2.05, 4.69) is 4.98 Å². The van der Waals surface area contributed by atoms with Gasteiger partial charge < -0.3 is 24.2 Å². The molecule has 1 aromatic rings. The van der Waals surface area contributed by atoms with E-state index in [-0.39, 0.29) is 6.09 Å². The fraction of sp³-hybridized carbons (Fsp3) is 0.667. The normalized spacial score (nSPS) is 19.3. The van der Waals surface area contributed by atoms with Gasteiger partial charge in [0.25, 0.3) is 0 Å². The van der Waals surface area contributed by atoms with Gasteiger partial charge in [-0.05, 0) is 88.5 Å². The molecule has 1 N–H and O–H groups in total. The Balaban J connectivity index is 1.52. The number of nitrogens with zero attached hydrogens (tertiary/aromatic N) is 2. The molecule has 0 radical (unpaired) electrons. The van der Waals surface area contributed by atoms with Crippen LogP contribution in [0.5, 0.6) is 5.88 Å². The molecule has 1 atom stereocenters. The van der Waals surface area contributed by atoms with Gasteiger partial charge in [-0.15, -0.1) is 0 Å². The van der Waals surface area contributed by atoms with Crippen LogP contribution in [0.4, 0.5) is 4.79 Å². The number of aromatic nitrogens is 1. The standard InChI is InChI=1S/C24H36N2O5/c1-5-29-22(27)15-20(18-6-7-18)19-8-11-25-21(14-19)30-16-17-9-12-26(13-10-17)23(28)31-24(2,3)4/h8,11,14-15,17-18,22,27H,5-7,9-10,12-13,16H2,1-4H3/b20-15+. The SMILES string of the molecule is CCOC(O)/C=C(/c1ccnc(OCC2CCN(C(=O)OC(C)(C)C)CC2)c1)C1CC1. The Morgan fingerprint density at radius 2 is 2.00 bits per heavy atom. The van der Waals surface area contributed by atoms with Crippen molar-refractivity contribution in [1.82, 2.24) is 9.88 Å². The van der Waals surface area contributed by atoms with Crippen molar-refractivity contribution in [3.8, 4) is 5.88 Å². The average Bonchev–Trinajstić information content (AvgIpc) is 3.55. The Bertz CT molecular complexity index is 761. The van der Waals surface area contributed by atoms with Gasteiger partial charge in [0.05, 0.1) is 6.61 Å². The summed E-state index contributed by atoms with van der Waals surface area (Å²) in [4.78, 5) is 18.3. The molecule has 1 amide bonds. The summed E-state index contributed by atoms with van der Waals surface area (Å²) in [5.74, 6) is 1.43. The number of pyridine rings is 1. The van der Waals surface area contributed by atoms with E-state index >= 15 is 0 Å². The lowest BCUT2D eigenvalue weighted by Crippen LogP contribution is -2.42. The van der Waals surface area contributed by atoms with Gasteiger partial charge in [-0.2, -0.15) is 0 Å². The third-order valence-electron chi connectivity index (χ3n) is 5.48. The fourth-order valence-corrected chi connectivity index (χ4v) is 3.71. The Labute approximate surface area is 185 Å². The first-order valence-electron chi connectivity index (χ1n) is 11.3. The van der Waals surface area contributed by atoms with Crippen molar-refractivity contribution < 1.29 is 24.1 Å². The molecule has 1 saturated carbocycles. The number of rotatable bonds is 8. The highest BCUT2D eigenvalue weighted by Gasteiger charge is 2.29. The maximum atomic E-state index is 12.2. The first kappa shape index (κ1) is 23.5. The van der Waals surface area contributed by atoms with Gasteiger partial charge in [-0.1, -0.05) is 0 Å². The van der Waals surface area contributed by atoms with Crippen LogP contribution in [-0.2, 0) is 9.47 Å². The monoisotopic (exact) mass is 432 g/mol. The summed E-state index contributed by atoms with van der Waals surface area (Å²) in [6.07, 6.45) is 6.42. The lowest BCUT2D eigenvalue weighted by Gasteiger charge is -2.33. The zero-order chi connectivity index (χ0) is 22.4. The number of allylic oxidation sites excluding steroid dienone is 1. The molecule has 7 heteroatoms. The number of carbonyl (C=O) groups excluding carboxylic acids is 1. The summed E-state index contributed by atoms with van der Waals surface area (Å²) in [5, 5.41) is 10.0. The van der Waals surface area contributed by atoms with Crippen LogP contribution < -0.4 is 4.74 Å². The van der Waals surface area contributed by atoms with Crippen molar-refractivity contribution in [3.05, 3.63) is 30.0 Å². The van der Waals surface area contributed by atoms with Crippen molar-refractivity contribution in [2.75, 3.05) is 26.3 Å². The van der Waals surface area contributed by atoms with Gasteiger partial charge in [0.15, 0.2) is 6.29 Å². The van der Waals surface area contributed by atoms with Gasteiger partial charge in [-0.25, -0.2) is 9.78 Å². The van der Waals surface area contributed by atoms with Crippen LogP contribution in [-0.4, -0.2) is 59.3 Å². The van der Waals surface area contributed by atoms with E-state index in [1.165, 1.54) is 0 Å². The van der Waals surface area contributed by atoms with Crippen LogP contribution in [0, 0.1) is 11.8 Å². The van der Waals surface area contributed by atoms with Crippen molar-refractivity contribution in [2.24, 2.45) is 11.8 Å². The number of carbonyl (C=O) groups is 1. The number of aliphatic hydroxyl groups excluding tert-OH is 1. The molecule has 1 unspecified atom stereocenters. The number of hydrogen-bond donors (Lipinski definition) is 1. The molecule has 1 aliphatic heterocycles. The van der Waals surface area contributed by atoms with Crippen molar-refractivity contribution in [1.29, 1.82) is 0 Å². The topological polar surface area (TPSA) is 81.1 Å². The number of aliphatic hydroxyl groups is 1. The fourth-order valence-electron chi connectivity index (χ4n) is 3.71. The van der Waals surface area contributed by atoms with Gasteiger partial charge in [0, 0.05) is 32.0 Å². The lowest BCUT2D eigenvalue weighted by molar-refractivity contribution is -0.0584. The number of piperidine rings is 1. The molecule has 0 bridgehead atoms. The summed E-state index contributed by atoms with van der Waals surface area (Å²) in [6.45, 7) is 9.91. The summed E-state index contributed by atoms with van der Waals surface area (Å²) in [7, 11) is 0. The number of hydrogen-bond acceptors (Lipinski definition) is 6. The Hall–Kier alpha value is -2.12. The molecule has 2 fully saturated rings. The molecular weight excluding hydrogens is 396 g/mol. The predicted molar refractivity (Wildman–Crippen MR) is 119 cm³/mol. The first-order chi connectivity index (χ1) is 14.7. The van der Waals surface area contributed by atoms with E-state index in [0.717, 1.165) is 36.8 Å². The van der Waals surface area contributed by atoms with Crippen molar-refractivity contribution in [3.63, 3.8) is 0 Å². The molecular formula is C24H36N2O5. The molecule has 31 heavy (non-hydrogen) atoms. The summed E-state index contributed by atoms with van der Waals surface area (Å²) in [6, 6.07) is 3.90. The number of likely N-dealkylation sites (tertiary alicyclic amines) is 1. The molecule has 0 spiro atoms.